The van der Waals surface area contributed by atoms with Crippen molar-refractivity contribution in [2.24, 2.45) is 0 Å². The Morgan fingerprint density at radius 3 is 2.93 bits per heavy atom. The highest BCUT2D eigenvalue weighted by molar-refractivity contribution is 5.66. The van der Waals surface area contributed by atoms with Gasteiger partial charge in [0.1, 0.15) is 6.10 Å². The summed E-state index contributed by atoms with van der Waals surface area (Å²) in [6.07, 6.45) is 5.40. The molecular weight excluding hydrogens is 180 g/mol. The normalized spacial score (nSPS) is 23.4. The van der Waals surface area contributed by atoms with Crippen LogP contribution in [0.5, 0.6) is 0 Å². The van der Waals surface area contributed by atoms with Gasteiger partial charge >= 0.3 is 5.97 Å². The molecule has 3 heteroatoms. The van der Waals surface area contributed by atoms with Crippen molar-refractivity contribution in [2.45, 2.75) is 58.2 Å². The van der Waals surface area contributed by atoms with E-state index >= 15 is 0 Å². The van der Waals surface area contributed by atoms with E-state index in [1.807, 2.05) is 0 Å². The molecule has 1 aliphatic heterocycles. The lowest BCUT2D eigenvalue weighted by molar-refractivity contribution is -0.153. The maximum atomic E-state index is 10.9. The third-order valence-corrected chi connectivity index (χ3v) is 2.54. The molecule has 1 saturated heterocycles. The van der Waals surface area contributed by atoms with Crippen LogP contribution in [0.1, 0.15) is 46.0 Å². The zero-order chi connectivity index (χ0) is 10.4. The van der Waals surface area contributed by atoms with Crippen LogP contribution in [0.15, 0.2) is 0 Å². The standard InChI is InChI=1S/C11H20O3/c1-3-4-6-11(14-9(2)12)10-7-5-8-13-10/h10-11H,3-8H2,1-2H3. The van der Waals surface area contributed by atoms with Crippen molar-refractivity contribution >= 4 is 5.97 Å². The first-order valence-corrected chi connectivity index (χ1v) is 5.53. The molecule has 0 aromatic carbocycles. The summed E-state index contributed by atoms with van der Waals surface area (Å²) in [4.78, 5) is 10.9. The number of carbonyl (C=O) groups excluding carboxylic acids is 1. The van der Waals surface area contributed by atoms with Gasteiger partial charge in [-0.1, -0.05) is 13.3 Å². The third kappa shape index (κ3) is 3.66. The summed E-state index contributed by atoms with van der Waals surface area (Å²) < 4.78 is 10.8. The van der Waals surface area contributed by atoms with E-state index in [2.05, 4.69) is 6.92 Å². The quantitative estimate of drug-likeness (QED) is 0.639. The van der Waals surface area contributed by atoms with E-state index in [0.29, 0.717) is 0 Å². The van der Waals surface area contributed by atoms with Crippen LogP contribution in [0, 0.1) is 0 Å². The molecular formula is C11H20O3. The highest BCUT2D eigenvalue weighted by Gasteiger charge is 2.27. The average molecular weight is 200 g/mol. The minimum Gasteiger partial charge on any atom is -0.460 e. The number of esters is 1. The lowest BCUT2D eigenvalue weighted by Gasteiger charge is -2.22. The van der Waals surface area contributed by atoms with Crippen molar-refractivity contribution in [1.82, 2.24) is 0 Å². The van der Waals surface area contributed by atoms with E-state index in [0.717, 1.165) is 38.7 Å². The Kier molecular flexibility index (Phi) is 4.94. The lowest BCUT2D eigenvalue weighted by atomic mass is 10.0. The Balaban J connectivity index is 2.37. The molecule has 0 aromatic heterocycles. The summed E-state index contributed by atoms with van der Waals surface area (Å²) in [6, 6.07) is 0. The zero-order valence-corrected chi connectivity index (χ0v) is 9.12. The summed E-state index contributed by atoms with van der Waals surface area (Å²) in [5.74, 6) is -0.193. The lowest BCUT2D eigenvalue weighted by Crippen LogP contribution is -2.30. The van der Waals surface area contributed by atoms with Crippen molar-refractivity contribution in [3.63, 3.8) is 0 Å². The van der Waals surface area contributed by atoms with Crippen LogP contribution in [-0.2, 0) is 14.3 Å². The highest BCUT2D eigenvalue weighted by Crippen LogP contribution is 2.21. The number of ether oxygens (including phenoxy) is 2. The zero-order valence-electron chi connectivity index (χ0n) is 9.12. The molecule has 0 radical (unpaired) electrons. The summed E-state index contributed by atoms with van der Waals surface area (Å²) >= 11 is 0. The Hall–Kier alpha value is -0.570. The fourth-order valence-corrected chi connectivity index (χ4v) is 1.83. The maximum Gasteiger partial charge on any atom is 0.302 e. The molecule has 3 nitrogen and oxygen atoms in total. The average Bonchev–Trinajstić information content (AvgIpc) is 2.64. The topological polar surface area (TPSA) is 35.5 Å². The van der Waals surface area contributed by atoms with E-state index in [1.54, 1.807) is 0 Å². The summed E-state index contributed by atoms with van der Waals surface area (Å²) in [6.45, 7) is 4.42. The molecule has 1 heterocycles. The van der Waals surface area contributed by atoms with E-state index < -0.39 is 0 Å². The molecule has 0 aromatic rings. The monoisotopic (exact) mass is 200 g/mol. The van der Waals surface area contributed by atoms with Gasteiger partial charge in [0.2, 0.25) is 0 Å². The molecule has 1 aliphatic rings. The van der Waals surface area contributed by atoms with Crippen LogP contribution >= 0.6 is 0 Å². The first-order valence-electron chi connectivity index (χ1n) is 5.53. The van der Waals surface area contributed by atoms with E-state index in [4.69, 9.17) is 9.47 Å². The molecule has 82 valence electrons. The second-order valence-electron chi connectivity index (χ2n) is 3.84. The number of carbonyl (C=O) groups is 1. The summed E-state index contributed by atoms with van der Waals surface area (Å²) in [7, 11) is 0. The molecule has 2 unspecified atom stereocenters. The molecule has 0 bridgehead atoms. The van der Waals surface area contributed by atoms with E-state index in [-0.39, 0.29) is 18.2 Å². The van der Waals surface area contributed by atoms with Gasteiger partial charge in [-0.15, -0.1) is 0 Å². The highest BCUT2D eigenvalue weighted by atomic mass is 16.6. The first-order chi connectivity index (χ1) is 6.74. The van der Waals surface area contributed by atoms with Crippen molar-refractivity contribution in [3.05, 3.63) is 0 Å². The largest absolute Gasteiger partial charge is 0.460 e. The second-order valence-corrected chi connectivity index (χ2v) is 3.84. The van der Waals surface area contributed by atoms with Crippen LogP contribution in [0.3, 0.4) is 0 Å². The Labute approximate surface area is 85.8 Å². The van der Waals surface area contributed by atoms with Crippen LogP contribution in [-0.4, -0.2) is 24.8 Å². The van der Waals surface area contributed by atoms with Crippen LogP contribution in [0.25, 0.3) is 0 Å². The molecule has 0 aliphatic carbocycles. The molecule has 2 atom stereocenters. The van der Waals surface area contributed by atoms with Gasteiger partial charge in [-0.05, 0) is 25.7 Å². The van der Waals surface area contributed by atoms with Crippen LogP contribution in [0.4, 0.5) is 0 Å². The predicted molar refractivity (Wildman–Crippen MR) is 54.1 cm³/mol. The van der Waals surface area contributed by atoms with Crippen molar-refractivity contribution in [3.8, 4) is 0 Å². The Morgan fingerprint density at radius 2 is 2.43 bits per heavy atom. The van der Waals surface area contributed by atoms with E-state index in [9.17, 15) is 4.79 Å². The number of hydrogen-bond donors (Lipinski definition) is 0. The van der Waals surface area contributed by atoms with Crippen LogP contribution in [0.2, 0.25) is 0 Å². The Bertz CT molecular complexity index is 173. The van der Waals surface area contributed by atoms with Gasteiger partial charge in [0, 0.05) is 13.5 Å². The SMILES string of the molecule is CCCCC(OC(C)=O)C1CCCO1. The van der Waals surface area contributed by atoms with Gasteiger partial charge in [-0.3, -0.25) is 4.79 Å². The summed E-state index contributed by atoms with van der Waals surface area (Å²) in [5.41, 5.74) is 0. The minimum atomic E-state index is -0.193. The molecule has 0 spiro atoms. The Morgan fingerprint density at radius 1 is 1.64 bits per heavy atom. The second kappa shape index (κ2) is 6.02. The fraction of sp³-hybridized carbons (Fsp3) is 0.909. The molecule has 1 fully saturated rings. The van der Waals surface area contributed by atoms with Crippen LogP contribution < -0.4 is 0 Å². The molecule has 0 saturated carbocycles. The third-order valence-electron chi connectivity index (χ3n) is 2.54. The van der Waals surface area contributed by atoms with Crippen molar-refractivity contribution in [2.75, 3.05) is 6.61 Å². The van der Waals surface area contributed by atoms with Gasteiger partial charge in [-0.2, -0.15) is 0 Å². The molecule has 0 N–H and O–H groups in total. The number of unbranched alkanes of at least 4 members (excludes halogenated alkanes) is 1. The fourth-order valence-electron chi connectivity index (χ4n) is 1.83. The first kappa shape index (κ1) is 11.5. The van der Waals surface area contributed by atoms with Gasteiger partial charge in [0.25, 0.3) is 0 Å². The van der Waals surface area contributed by atoms with Gasteiger partial charge < -0.3 is 9.47 Å². The van der Waals surface area contributed by atoms with Gasteiger partial charge in [0.05, 0.1) is 6.10 Å². The minimum absolute atomic E-state index is 0.0186. The molecule has 14 heavy (non-hydrogen) atoms. The number of hydrogen-bond acceptors (Lipinski definition) is 3. The van der Waals surface area contributed by atoms with E-state index in [1.165, 1.54) is 6.92 Å². The van der Waals surface area contributed by atoms with Crippen molar-refractivity contribution in [1.29, 1.82) is 0 Å². The molecule has 0 amide bonds. The molecule has 1 rings (SSSR count). The maximum absolute atomic E-state index is 10.9. The van der Waals surface area contributed by atoms with Gasteiger partial charge in [-0.25, -0.2) is 0 Å². The van der Waals surface area contributed by atoms with Crippen molar-refractivity contribution < 1.29 is 14.3 Å². The number of rotatable bonds is 5. The summed E-state index contributed by atoms with van der Waals surface area (Å²) in [5, 5.41) is 0. The predicted octanol–water partition coefficient (Wildman–Crippen LogP) is 2.29. The smallest absolute Gasteiger partial charge is 0.302 e. The van der Waals surface area contributed by atoms with Gasteiger partial charge in [0.15, 0.2) is 0 Å².